The summed E-state index contributed by atoms with van der Waals surface area (Å²) < 4.78 is 6.99. The summed E-state index contributed by atoms with van der Waals surface area (Å²) in [5, 5.41) is 6.92. The fraction of sp³-hybridized carbons (Fsp3) is 0.208. The highest BCUT2D eigenvalue weighted by atomic mass is 32.1. The lowest BCUT2D eigenvalue weighted by Crippen LogP contribution is -2.18. The average Bonchev–Trinajstić information content (AvgIpc) is 3.49. The number of thiazole rings is 1. The Balaban J connectivity index is 1.37. The summed E-state index contributed by atoms with van der Waals surface area (Å²) in [4.78, 5) is 23.0. The number of ether oxygens (including phenoxy) is 1. The maximum atomic E-state index is 11.8. The fourth-order valence-corrected chi connectivity index (χ4v) is 4.72. The van der Waals surface area contributed by atoms with Gasteiger partial charge in [0.05, 0.1) is 21.6 Å². The number of rotatable bonds is 6. The number of benzene rings is 2. The molecule has 7 nitrogen and oxygen atoms in total. The van der Waals surface area contributed by atoms with Crippen LogP contribution < -0.4 is 20.3 Å². The first-order valence-electron chi connectivity index (χ1n) is 10.6. The van der Waals surface area contributed by atoms with Crippen LogP contribution in [0.3, 0.4) is 0 Å². The molecule has 5 rings (SSSR count). The first kappa shape index (κ1) is 20.3. The Kier molecular flexibility index (Phi) is 5.60. The van der Waals surface area contributed by atoms with Crippen LogP contribution in [-0.2, 0) is 0 Å². The van der Waals surface area contributed by atoms with E-state index in [-0.39, 0.29) is 5.91 Å². The lowest BCUT2D eigenvalue weighted by molar-refractivity contribution is 0.0958. The Morgan fingerprint density at radius 1 is 1.06 bits per heavy atom. The van der Waals surface area contributed by atoms with E-state index in [0.29, 0.717) is 17.2 Å². The fourth-order valence-electron chi connectivity index (χ4n) is 3.81. The number of nitrogens with zero attached hydrogens (tertiary/aromatic N) is 3. The number of aromatic nitrogens is 2. The lowest BCUT2D eigenvalue weighted by atomic mass is 10.2. The quantitative estimate of drug-likeness (QED) is 0.425. The number of fused-ring (bicyclic) bond motifs is 1. The normalized spacial score (nSPS) is 13.3. The SMILES string of the molecule is CNC(=O)c1cc(Oc2ccc3nc(Nc4ccccc4N4CCCC4)sc3c2)ccn1. The van der Waals surface area contributed by atoms with Crippen molar-refractivity contribution >= 4 is 44.0 Å². The van der Waals surface area contributed by atoms with Crippen LogP contribution in [0.2, 0.25) is 0 Å². The highest BCUT2D eigenvalue weighted by Crippen LogP contribution is 2.35. The van der Waals surface area contributed by atoms with E-state index in [2.05, 4.69) is 38.7 Å². The van der Waals surface area contributed by atoms with Crippen molar-refractivity contribution in [2.24, 2.45) is 0 Å². The molecule has 1 aliphatic heterocycles. The van der Waals surface area contributed by atoms with Gasteiger partial charge in [-0.15, -0.1) is 0 Å². The van der Waals surface area contributed by atoms with Gasteiger partial charge >= 0.3 is 0 Å². The standard InChI is InChI=1S/C24H23N5O2S/c1-25-23(30)20-14-17(10-11-26-20)31-16-8-9-19-22(15-16)32-24(28-19)27-18-6-2-3-7-21(18)29-12-4-5-13-29/h2-3,6-11,14-15H,4-5,12-13H2,1H3,(H,25,30)(H,27,28). The van der Waals surface area contributed by atoms with Gasteiger partial charge in [0.2, 0.25) is 0 Å². The van der Waals surface area contributed by atoms with Gasteiger partial charge in [-0.1, -0.05) is 23.5 Å². The molecule has 0 aliphatic carbocycles. The van der Waals surface area contributed by atoms with Gasteiger partial charge in [0.1, 0.15) is 17.2 Å². The summed E-state index contributed by atoms with van der Waals surface area (Å²) in [5.74, 6) is 0.984. The number of pyridine rings is 1. The highest BCUT2D eigenvalue weighted by Gasteiger charge is 2.16. The molecule has 0 bridgehead atoms. The molecule has 162 valence electrons. The van der Waals surface area contributed by atoms with Crippen molar-refractivity contribution < 1.29 is 9.53 Å². The van der Waals surface area contributed by atoms with Gasteiger partial charge in [0, 0.05) is 38.5 Å². The number of amides is 1. The zero-order valence-corrected chi connectivity index (χ0v) is 18.5. The first-order chi connectivity index (χ1) is 15.7. The molecule has 2 N–H and O–H groups in total. The largest absolute Gasteiger partial charge is 0.457 e. The van der Waals surface area contributed by atoms with Crippen LogP contribution in [0.1, 0.15) is 23.3 Å². The van der Waals surface area contributed by atoms with Crippen LogP contribution in [-0.4, -0.2) is 36.0 Å². The van der Waals surface area contributed by atoms with E-state index in [1.54, 1.807) is 36.7 Å². The predicted octanol–water partition coefficient (Wildman–Crippen LogP) is 5.19. The van der Waals surface area contributed by atoms with E-state index in [1.807, 2.05) is 24.3 Å². The topological polar surface area (TPSA) is 79.4 Å². The molecule has 2 aromatic heterocycles. The first-order valence-corrected chi connectivity index (χ1v) is 11.4. The van der Waals surface area contributed by atoms with Crippen LogP contribution in [0.4, 0.5) is 16.5 Å². The molecule has 1 aliphatic rings. The summed E-state index contributed by atoms with van der Waals surface area (Å²) >= 11 is 1.58. The zero-order chi connectivity index (χ0) is 21.9. The maximum absolute atomic E-state index is 11.8. The van der Waals surface area contributed by atoms with E-state index in [1.165, 1.54) is 18.5 Å². The minimum Gasteiger partial charge on any atom is -0.457 e. The Morgan fingerprint density at radius 3 is 2.72 bits per heavy atom. The van der Waals surface area contributed by atoms with Crippen LogP contribution >= 0.6 is 11.3 Å². The maximum Gasteiger partial charge on any atom is 0.269 e. The molecule has 4 aromatic rings. The monoisotopic (exact) mass is 445 g/mol. The van der Waals surface area contributed by atoms with E-state index in [9.17, 15) is 4.79 Å². The molecule has 0 atom stereocenters. The number of nitrogens with one attached hydrogen (secondary N) is 2. The van der Waals surface area contributed by atoms with Gasteiger partial charge in [0.15, 0.2) is 5.13 Å². The minimum atomic E-state index is -0.252. The van der Waals surface area contributed by atoms with Crippen LogP contribution in [0.25, 0.3) is 10.2 Å². The molecule has 0 spiro atoms. The number of carbonyl (C=O) groups excluding carboxylic acids is 1. The lowest BCUT2D eigenvalue weighted by Gasteiger charge is -2.21. The third-order valence-electron chi connectivity index (χ3n) is 5.38. The number of anilines is 3. The summed E-state index contributed by atoms with van der Waals surface area (Å²) in [7, 11) is 1.57. The average molecular weight is 446 g/mol. The van der Waals surface area contributed by atoms with Gasteiger partial charge < -0.3 is 20.3 Å². The third-order valence-corrected chi connectivity index (χ3v) is 6.31. The molecule has 2 aromatic carbocycles. The Morgan fingerprint density at radius 2 is 1.88 bits per heavy atom. The minimum absolute atomic E-state index is 0.252. The number of carbonyl (C=O) groups is 1. The Labute approximate surface area is 190 Å². The molecule has 1 amide bonds. The van der Waals surface area contributed by atoms with Crippen molar-refractivity contribution in [3.05, 3.63) is 66.5 Å². The molecule has 32 heavy (non-hydrogen) atoms. The summed E-state index contributed by atoms with van der Waals surface area (Å²) in [6.45, 7) is 2.19. The summed E-state index contributed by atoms with van der Waals surface area (Å²) in [6, 6.07) is 17.5. The molecular formula is C24H23N5O2S. The van der Waals surface area contributed by atoms with Crippen molar-refractivity contribution in [2.75, 3.05) is 30.4 Å². The molecular weight excluding hydrogens is 422 g/mol. The van der Waals surface area contributed by atoms with Gasteiger partial charge in [0.25, 0.3) is 5.91 Å². The Hall–Kier alpha value is -3.65. The van der Waals surface area contributed by atoms with Crippen molar-refractivity contribution in [1.82, 2.24) is 15.3 Å². The molecule has 1 fully saturated rings. The van der Waals surface area contributed by atoms with Crippen molar-refractivity contribution in [2.45, 2.75) is 12.8 Å². The summed E-state index contributed by atoms with van der Waals surface area (Å²) in [6.07, 6.45) is 4.03. The summed E-state index contributed by atoms with van der Waals surface area (Å²) in [5.41, 5.74) is 3.51. The molecule has 0 radical (unpaired) electrons. The van der Waals surface area contributed by atoms with Gasteiger partial charge in [-0.05, 0) is 43.2 Å². The second-order valence-electron chi connectivity index (χ2n) is 7.54. The number of para-hydroxylation sites is 2. The molecule has 1 saturated heterocycles. The van der Waals surface area contributed by atoms with E-state index in [4.69, 9.17) is 9.72 Å². The third kappa shape index (κ3) is 4.22. The highest BCUT2D eigenvalue weighted by molar-refractivity contribution is 7.22. The Bertz CT molecular complexity index is 1270. The number of hydrogen-bond acceptors (Lipinski definition) is 7. The molecule has 8 heteroatoms. The van der Waals surface area contributed by atoms with Crippen molar-refractivity contribution in [3.8, 4) is 11.5 Å². The van der Waals surface area contributed by atoms with Crippen LogP contribution in [0, 0.1) is 0 Å². The van der Waals surface area contributed by atoms with Gasteiger partial charge in [-0.2, -0.15) is 0 Å². The predicted molar refractivity (Wildman–Crippen MR) is 128 cm³/mol. The second-order valence-corrected chi connectivity index (χ2v) is 8.57. The molecule has 0 unspecified atom stereocenters. The van der Waals surface area contributed by atoms with E-state index < -0.39 is 0 Å². The zero-order valence-electron chi connectivity index (χ0n) is 17.7. The van der Waals surface area contributed by atoms with Crippen molar-refractivity contribution in [1.29, 1.82) is 0 Å². The molecule has 0 saturated carbocycles. The van der Waals surface area contributed by atoms with Gasteiger partial charge in [-0.25, -0.2) is 4.98 Å². The van der Waals surface area contributed by atoms with Gasteiger partial charge in [-0.3, -0.25) is 9.78 Å². The van der Waals surface area contributed by atoms with Crippen molar-refractivity contribution in [3.63, 3.8) is 0 Å². The van der Waals surface area contributed by atoms with E-state index in [0.717, 1.165) is 34.1 Å². The molecule has 3 heterocycles. The van der Waals surface area contributed by atoms with E-state index >= 15 is 0 Å². The van der Waals surface area contributed by atoms with Crippen LogP contribution in [0.5, 0.6) is 11.5 Å². The number of hydrogen-bond donors (Lipinski definition) is 2. The smallest absolute Gasteiger partial charge is 0.269 e. The van der Waals surface area contributed by atoms with Crippen LogP contribution in [0.15, 0.2) is 60.8 Å². The second kappa shape index (κ2) is 8.84.